The average molecular weight is 656 g/mol. The topological polar surface area (TPSA) is 3.24 Å². The number of hydrogen-bond acceptors (Lipinski definition) is 1. The van der Waals surface area contributed by atoms with Crippen LogP contribution in [0.2, 0.25) is 0 Å². The molecule has 7 aromatic carbocycles. The molecule has 1 unspecified atom stereocenters. The van der Waals surface area contributed by atoms with Crippen LogP contribution in [0.3, 0.4) is 0 Å². The van der Waals surface area contributed by atoms with E-state index in [1.54, 1.807) is 0 Å². The van der Waals surface area contributed by atoms with Gasteiger partial charge in [0.25, 0.3) is 0 Å². The predicted molar refractivity (Wildman–Crippen MR) is 217 cm³/mol. The summed E-state index contributed by atoms with van der Waals surface area (Å²) in [7, 11) is 0. The first kappa shape index (κ1) is 31.1. The number of nitrogens with zero attached hydrogens (tertiary/aromatic N) is 1. The van der Waals surface area contributed by atoms with Crippen molar-refractivity contribution in [1.82, 2.24) is 0 Å². The van der Waals surface area contributed by atoms with E-state index in [0.29, 0.717) is 5.92 Å². The van der Waals surface area contributed by atoms with Crippen LogP contribution in [-0.2, 0) is 5.41 Å². The summed E-state index contributed by atoms with van der Waals surface area (Å²) < 4.78 is 0. The van der Waals surface area contributed by atoms with E-state index >= 15 is 0 Å². The van der Waals surface area contributed by atoms with Crippen LogP contribution < -0.4 is 4.90 Å². The second-order valence-electron chi connectivity index (χ2n) is 14.7. The number of benzene rings is 7. The molecule has 2 aliphatic rings. The molecular formula is C50H41N. The number of fused-ring (bicyclic) bond motifs is 4. The van der Waals surface area contributed by atoms with Crippen molar-refractivity contribution in [1.29, 1.82) is 0 Å². The first-order chi connectivity index (χ1) is 24.9. The van der Waals surface area contributed by atoms with Crippen LogP contribution in [0.15, 0.2) is 182 Å². The molecule has 0 amide bonds. The molecule has 0 saturated heterocycles. The normalized spacial score (nSPS) is 15.7. The standard InChI is InChI=1S/C50H41N/c1-34-11-7-10-16-49(34)51(43-26-23-39(24-27-43)38-19-17-37(18-20-38)35-12-5-4-6-13-35)44-28-30-46-45-29-25-42(32-47(45)50(2,3)48(46)33-44)41-22-21-36-14-8-9-15-40(36)31-41/h4-10,12-34H,11H2,1-3H3. The number of allylic oxidation sites excluding steroid dienone is 4. The Hall–Kier alpha value is -5.92. The van der Waals surface area contributed by atoms with Crippen molar-refractivity contribution in [3.8, 4) is 44.5 Å². The Kier molecular flexibility index (Phi) is 7.59. The molecule has 0 fully saturated rings. The molecule has 0 N–H and O–H groups in total. The molecular weight excluding hydrogens is 615 g/mol. The van der Waals surface area contributed by atoms with Crippen molar-refractivity contribution in [3.05, 3.63) is 193 Å². The second kappa shape index (κ2) is 12.4. The van der Waals surface area contributed by atoms with Crippen molar-refractivity contribution in [2.45, 2.75) is 32.6 Å². The predicted octanol–water partition coefficient (Wildman–Crippen LogP) is 13.8. The maximum atomic E-state index is 2.48. The monoisotopic (exact) mass is 655 g/mol. The van der Waals surface area contributed by atoms with Gasteiger partial charge in [0.15, 0.2) is 0 Å². The van der Waals surface area contributed by atoms with E-state index in [0.717, 1.165) is 6.42 Å². The molecule has 9 rings (SSSR count). The molecule has 7 aromatic rings. The van der Waals surface area contributed by atoms with Gasteiger partial charge in [-0.3, -0.25) is 0 Å². The summed E-state index contributed by atoms with van der Waals surface area (Å²) in [6.45, 7) is 7.12. The number of anilines is 2. The molecule has 0 aliphatic heterocycles. The second-order valence-corrected chi connectivity index (χ2v) is 14.7. The highest BCUT2D eigenvalue weighted by Gasteiger charge is 2.36. The fourth-order valence-electron chi connectivity index (χ4n) is 8.18. The molecule has 246 valence electrons. The van der Waals surface area contributed by atoms with Crippen molar-refractivity contribution >= 4 is 22.1 Å². The lowest BCUT2D eigenvalue weighted by Gasteiger charge is -2.33. The molecule has 2 aliphatic carbocycles. The van der Waals surface area contributed by atoms with E-state index in [1.165, 1.54) is 83.5 Å². The van der Waals surface area contributed by atoms with Gasteiger partial charge in [-0.2, -0.15) is 0 Å². The third-order valence-corrected chi connectivity index (χ3v) is 11.1. The van der Waals surface area contributed by atoms with Gasteiger partial charge in [-0.25, -0.2) is 0 Å². The van der Waals surface area contributed by atoms with Crippen LogP contribution in [0.5, 0.6) is 0 Å². The number of hydrogen-bond donors (Lipinski definition) is 0. The maximum Gasteiger partial charge on any atom is 0.0462 e. The van der Waals surface area contributed by atoms with Crippen molar-refractivity contribution < 1.29 is 0 Å². The van der Waals surface area contributed by atoms with Crippen molar-refractivity contribution in [2.24, 2.45) is 5.92 Å². The van der Waals surface area contributed by atoms with Gasteiger partial charge >= 0.3 is 0 Å². The van der Waals surface area contributed by atoms with Crippen LogP contribution in [0, 0.1) is 5.92 Å². The summed E-state index contributed by atoms with van der Waals surface area (Å²) in [4.78, 5) is 2.48. The lowest BCUT2D eigenvalue weighted by Crippen LogP contribution is -2.23. The lowest BCUT2D eigenvalue weighted by atomic mass is 9.81. The van der Waals surface area contributed by atoms with E-state index in [2.05, 4.69) is 202 Å². The Balaban J connectivity index is 1.07. The van der Waals surface area contributed by atoms with Gasteiger partial charge in [0.1, 0.15) is 0 Å². The number of rotatable bonds is 6. The molecule has 1 atom stereocenters. The quantitative estimate of drug-likeness (QED) is 0.172. The maximum absolute atomic E-state index is 2.48. The van der Waals surface area contributed by atoms with Crippen LogP contribution in [0.4, 0.5) is 11.4 Å². The fraction of sp³-hybridized carbons (Fsp3) is 0.120. The first-order valence-corrected chi connectivity index (χ1v) is 18.2. The summed E-state index contributed by atoms with van der Waals surface area (Å²) in [6, 6.07) is 58.2. The molecule has 51 heavy (non-hydrogen) atoms. The van der Waals surface area contributed by atoms with Gasteiger partial charge in [-0.15, -0.1) is 0 Å². The summed E-state index contributed by atoms with van der Waals surface area (Å²) in [5.41, 5.74) is 16.5. The minimum Gasteiger partial charge on any atom is -0.314 e. The third-order valence-electron chi connectivity index (χ3n) is 11.1. The Morgan fingerprint density at radius 3 is 1.73 bits per heavy atom. The fourth-order valence-corrected chi connectivity index (χ4v) is 8.18. The lowest BCUT2D eigenvalue weighted by molar-refractivity contribution is 0.657. The zero-order chi connectivity index (χ0) is 34.5. The van der Waals surface area contributed by atoms with Crippen molar-refractivity contribution in [3.63, 3.8) is 0 Å². The van der Waals surface area contributed by atoms with Gasteiger partial charge in [0.05, 0.1) is 0 Å². The Morgan fingerprint density at radius 2 is 1.02 bits per heavy atom. The zero-order valence-corrected chi connectivity index (χ0v) is 29.5. The van der Waals surface area contributed by atoms with E-state index in [9.17, 15) is 0 Å². The van der Waals surface area contributed by atoms with E-state index < -0.39 is 0 Å². The van der Waals surface area contributed by atoms with Gasteiger partial charge in [0, 0.05) is 28.4 Å². The van der Waals surface area contributed by atoms with Crippen LogP contribution in [-0.4, -0.2) is 0 Å². The highest BCUT2D eigenvalue weighted by Crippen LogP contribution is 2.51. The molecule has 0 bridgehead atoms. The molecule has 0 spiro atoms. The van der Waals surface area contributed by atoms with Crippen LogP contribution >= 0.6 is 0 Å². The Labute approximate surface area is 301 Å². The van der Waals surface area contributed by atoms with Crippen molar-refractivity contribution in [2.75, 3.05) is 4.90 Å². The van der Waals surface area contributed by atoms with Gasteiger partial charge < -0.3 is 4.90 Å². The molecule has 0 radical (unpaired) electrons. The SMILES string of the molecule is CC1CC=CC=C1N(c1ccc(-c2ccc(-c3ccccc3)cc2)cc1)c1ccc2c(c1)C(C)(C)c1cc(-c3ccc4ccccc4c3)ccc1-2. The first-order valence-electron chi connectivity index (χ1n) is 18.2. The van der Waals surface area contributed by atoms with Gasteiger partial charge in [-0.1, -0.05) is 154 Å². The van der Waals surface area contributed by atoms with Crippen LogP contribution in [0.1, 0.15) is 38.3 Å². The minimum absolute atomic E-state index is 0.137. The summed E-state index contributed by atoms with van der Waals surface area (Å²) in [5.74, 6) is 0.406. The average Bonchev–Trinajstić information content (AvgIpc) is 3.41. The highest BCUT2D eigenvalue weighted by molar-refractivity contribution is 5.90. The largest absolute Gasteiger partial charge is 0.314 e. The summed E-state index contributed by atoms with van der Waals surface area (Å²) in [5, 5.41) is 2.55. The summed E-state index contributed by atoms with van der Waals surface area (Å²) >= 11 is 0. The van der Waals surface area contributed by atoms with Gasteiger partial charge in [-0.05, 0) is 115 Å². The van der Waals surface area contributed by atoms with E-state index in [1.807, 2.05) is 0 Å². The third kappa shape index (κ3) is 5.50. The van der Waals surface area contributed by atoms with Crippen LogP contribution in [0.25, 0.3) is 55.3 Å². The molecule has 1 heteroatoms. The molecule has 0 heterocycles. The van der Waals surface area contributed by atoms with E-state index in [-0.39, 0.29) is 5.41 Å². The molecule has 1 nitrogen and oxygen atoms in total. The smallest absolute Gasteiger partial charge is 0.0462 e. The molecule has 0 aromatic heterocycles. The highest BCUT2D eigenvalue weighted by atomic mass is 15.2. The Morgan fingerprint density at radius 1 is 0.490 bits per heavy atom. The minimum atomic E-state index is -0.137. The Bertz CT molecular complexity index is 2460. The van der Waals surface area contributed by atoms with Gasteiger partial charge in [0.2, 0.25) is 0 Å². The van der Waals surface area contributed by atoms with E-state index in [4.69, 9.17) is 0 Å². The summed E-state index contributed by atoms with van der Waals surface area (Å²) in [6.07, 6.45) is 7.83. The molecule has 0 saturated carbocycles. The zero-order valence-electron chi connectivity index (χ0n) is 29.5.